The Labute approximate surface area is 161 Å². The van der Waals surface area contributed by atoms with Crippen molar-refractivity contribution in [3.63, 3.8) is 0 Å². The highest BCUT2D eigenvalue weighted by Gasteiger charge is 2.21. The van der Waals surface area contributed by atoms with Crippen LogP contribution in [0.4, 0.5) is 5.82 Å². The highest BCUT2D eigenvalue weighted by Crippen LogP contribution is 2.34. The molecule has 0 fully saturated rings. The van der Waals surface area contributed by atoms with Crippen molar-refractivity contribution >= 4 is 5.82 Å². The molecule has 1 aliphatic heterocycles. The third-order valence-electron chi connectivity index (χ3n) is 4.47. The van der Waals surface area contributed by atoms with Crippen LogP contribution in [0, 0.1) is 0 Å². The third kappa shape index (κ3) is 3.56. The van der Waals surface area contributed by atoms with E-state index in [1.165, 1.54) is 0 Å². The molecule has 3 aromatic rings. The second-order valence-corrected chi connectivity index (χ2v) is 6.97. The molecule has 0 amide bonds. The van der Waals surface area contributed by atoms with E-state index in [4.69, 9.17) is 14.8 Å². The van der Waals surface area contributed by atoms with Crippen LogP contribution in [0.25, 0.3) is 22.9 Å². The molecule has 4 heterocycles. The summed E-state index contributed by atoms with van der Waals surface area (Å²) in [5.41, 5.74) is 1.51. The molecule has 0 radical (unpaired) electrons. The van der Waals surface area contributed by atoms with Gasteiger partial charge in [0, 0.05) is 18.7 Å². The van der Waals surface area contributed by atoms with Crippen molar-refractivity contribution in [3.05, 3.63) is 24.3 Å². The minimum atomic E-state index is -0.855. The molecule has 1 atom stereocenters. The molecule has 28 heavy (non-hydrogen) atoms. The van der Waals surface area contributed by atoms with Gasteiger partial charge in [-0.25, -0.2) is 15.0 Å². The van der Waals surface area contributed by atoms with Gasteiger partial charge in [-0.1, -0.05) is 13.8 Å². The molecule has 0 saturated heterocycles. The summed E-state index contributed by atoms with van der Waals surface area (Å²) in [6, 6.07) is 1.83. The average molecular weight is 385 g/mol. The van der Waals surface area contributed by atoms with Crippen LogP contribution in [0.3, 0.4) is 0 Å². The number of H-pyrrole nitrogens is 1. The molecule has 0 aliphatic carbocycles. The van der Waals surface area contributed by atoms with Gasteiger partial charge in [-0.15, -0.1) is 0 Å². The van der Waals surface area contributed by atoms with Crippen LogP contribution < -0.4 is 10.1 Å². The first-order chi connectivity index (χ1) is 13.5. The molecule has 148 valence electrons. The van der Waals surface area contributed by atoms with E-state index >= 15 is 0 Å². The first-order valence-corrected chi connectivity index (χ1v) is 9.21. The molecule has 1 aliphatic rings. The number of aromatic nitrogens is 6. The number of hydrogen-bond acceptors (Lipinski definition) is 8. The van der Waals surface area contributed by atoms with Gasteiger partial charge in [0.25, 0.3) is 0 Å². The number of imidazole rings is 1. The van der Waals surface area contributed by atoms with Gasteiger partial charge in [0.05, 0.1) is 31.0 Å². The molecule has 1 unspecified atom stereocenters. The van der Waals surface area contributed by atoms with Crippen molar-refractivity contribution in [3.8, 4) is 28.7 Å². The van der Waals surface area contributed by atoms with Crippen LogP contribution >= 0.6 is 0 Å². The Morgan fingerprint density at radius 2 is 2.21 bits per heavy atom. The quantitative estimate of drug-likeness (QED) is 0.494. The summed E-state index contributed by atoms with van der Waals surface area (Å²) in [4.78, 5) is 13.6. The Balaban J connectivity index is 1.68. The zero-order valence-electron chi connectivity index (χ0n) is 15.8. The minimum Gasteiger partial charge on any atom is -0.489 e. The van der Waals surface area contributed by atoms with Crippen molar-refractivity contribution in [2.75, 3.05) is 25.1 Å². The van der Waals surface area contributed by atoms with Crippen LogP contribution in [-0.4, -0.2) is 65.8 Å². The number of ether oxygens (including phenoxy) is 1. The number of aromatic amines is 1. The molecular formula is C18H23N7O3. The molecule has 3 aromatic heterocycles. The highest BCUT2D eigenvalue weighted by molar-refractivity contribution is 5.70. The Hall–Kier alpha value is -2.98. The van der Waals surface area contributed by atoms with Crippen LogP contribution in [0.2, 0.25) is 0 Å². The monoisotopic (exact) mass is 385 g/mol. The van der Waals surface area contributed by atoms with E-state index in [0.29, 0.717) is 36.2 Å². The largest absolute Gasteiger partial charge is 0.489 e. The number of fused-ring (bicyclic) bond motifs is 3. The van der Waals surface area contributed by atoms with Gasteiger partial charge in [-0.3, -0.25) is 5.10 Å². The van der Waals surface area contributed by atoms with E-state index in [2.05, 4.69) is 25.5 Å². The molecule has 10 heteroatoms. The third-order valence-corrected chi connectivity index (χ3v) is 4.47. The summed E-state index contributed by atoms with van der Waals surface area (Å²) < 4.78 is 7.81. The zero-order valence-corrected chi connectivity index (χ0v) is 15.8. The molecule has 10 nitrogen and oxygen atoms in total. The van der Waals surface area contributed by atoms with E-state index in [-0.39, 0.29) is 19.1 Å². The van der Waals surface area contributed by atoms with Crippen LogP contribution in [-0.2, 0) is 6.54 Å². The van der Waals surface area contributed by atoms with E-state index in [1.54, 1.807) is 6.20 Å². The fourth-order valence-corrected chi connectivity index (χ4v) is 2.93. The normalized spacial score (nSPS) is 14.2. The highest BCUT2D eigenvalue weighted by atomic mass is 16.5. The van der Waals surface area contributed by atoms with E-state index in [9.17, 15) is 5.11 Å². The predicted molar refractivity (Wildman–Crippen MR) is 102 cm³/mol. The topological polar surface area (TPSA) is 134 Å². The number of anilines is 1. The lowest BCUT2D eigenvalue weighted by Crippen LogP contribution is -2.23. The fraction of sp³-hybridized carbons (Fsp3) is 0.444. The van der Waals surface area contributed by atoms with Crippen molar-refractivity contribution in [1.29, 1.82) is 0 Å². The van der Waals surface area contributed by atoms with Gasteiger partial charge in [-0.2, -0.15) is 5.10 Å². The van der Waals surface area contributed by atoms with Gasteiger partial charge >= 0.3 is 0 Å². The molecule has 4 rings (SSSR count). The maximum absolute atomic E-state index is 9.53. The average Bonchev–Trinajstić information content (AvgIpc) is 3.31. The maximum Gasteiger partial charge on any atom is 0.176 e. The first-order valence-electron chi connectivity index (χ1n) is 9.21. The van der Waals surface area contributed by atoms with Gasteiger partial charge in [0.2, 0.25) is 0 Å². The predicted octanol–water partition coefficient (Wildman–Crippen LogP) is 1.01. The number of pyridine rings is 1. The van der Waals surface area contributed by atoms with Gasteiger partial charge in [-0.05, 0) is 6.07 Å². The molecule has 0 bridgehead atoms. The minimum absolute atomic E-state index is 0.193. The summed E-state index contributed by atoms with van der Waals surface area (Å²) in [6.45, 7) is 5.11. The molecule has 0 saturated carbocycles. The van der Waals surface area contributed by atoms with Crippen LogP contribution in [0.5, 0.6) is 5.75 Å². The van der Waals surface area contributed by atoms with E-state index < -0.39 is 6.10 Å². The van der Waals surface area contributed by atoms with Crippen LogP contribution in [0.1, 0.15) is 25.6 Å². The lowest BCUT2D eigenvalue weighted by molar-refractivity contribution is 0.105. The SMILES string of the molecule is CC(C)c1n[nH]c(-c2cn3c(n2)-c2cc(NCC(O)CO)ncc2OCC3)n1. The van der Waals surface area contributed by atoms with Crippen molar-refractivity contribution in [2.45, 2.75) is 32.4 Å². The summed E-state index contributed by atoms with van der Waals surface area (Å²) in [5, 5.41) is 28.7. The summed E-state index contributed by atoms with van der Waals surface area (Å²) in [7, 11) is 0. The Bertz CT molecular complexity index is 966. The first kappa shape index (κ1) is 18.4. The Kier molecular flexibility index (Phi) is 4.97. The van der Waals surface area contributed by atoms with E-state index in [1.807, 2.05) is 30.7 Å². The summed E-state index contributed by atoms with van der Waals surface area (Å²) in [5.74, 6) is 3.57. The van der Waals surface area contributed by atoms with Crippen molar-refractivity contribution in [1.82, 2.24) is 29.7 Å². The van der Waals surface area contributed by atoms with Gasteiger partial charge in [0.15, 0.2) is 11.6 Å². The molecule has 0 aromatic carbocycles. The second kappa shape index (κ2) is 7.56. The summed E-state index contributed by atoms with van der Waals surface area (Å²) >= 11 is 0. The molecule has 4 N–H and O–H groups in total. The molecule has 0 spiro atoms. The number of nitrogens with one attached hydrogen (secondary N) is 2. The standard InChI is InChI=1S/C18H23N7O3/c1-10(2)16-22-17(24-23-16)13-8-25-3-4-28-14-7-20-15(19-6-11(27)9-26)5-12(14)18(25)21-13/h5,7-8,10-11,26-27H,3-4,6,9H2,1-2H3,(H,19,20)(H,22,23,24). The maximum atomic E-state index is 9.53. The number of aliphatic hydroxyl groups is 2. The smallest absolute Gasteiger partial charge is 0.176 e. The molecular weight excluding hydrogens is 362 g/mol. The number of hydrogen-bond donors (Lipinski definition) is 4. The number of nitrogens with zero attached hydrogens (tertiary/aromatic N) is 5. The van der Waals surface area contributed by atoms with Crippen LogP contribution in [0.15, 0.2) is 18.5 Å². The van der Waals surface area contributed by atoms with Gasteiger partial charge < -0.3 is 24.8 Å². The van der Waals surface area contributed by atoms with Crippen molar-refractivity contribution in [2.24, 2.45) is 0 Å². The van der Waals surface area contributed by atoms with E-state index in [0.717, 1.165) is 17.2 Å². The second-order valence-electron chi connectivity index (χ2n) is 6.97. The van der Waals surface area contributed by atoms with Crippen molar-refractivity contribution < 1.29 is 14.9 Å². The fourth-order valence-electron chi connectivity index (χ4n) is 2.93. The Morgan fingerprint density at radius 3 is 2.96 bits per heavy atom. The van der Waals surface area contributed by atoms with Gasteiger partial charge in [0.1, 0.15) is 29.7 Å². The number of rotatable bonds is 6. The lowest BCUT2D eigenvalue weighted by atomic mass is 10.2. The Morgan fingerprint density at radius 1 is 1.36 bits per heavy atom. The summed E-state index contributed by atoms with van der Waals surface area (Å²) in [6.07, 6.45) is 2.71. The zero-order chi connectivity index (χ0) is 19.7. The number of aliphatic hydroxyl groups excluding tert-OH is 2. The lowest BCUT2D eigenvalue weighted by Gasteiger charge is -2.12.